The highest BCUT2D eigenvalue weighted by Gasteiger charge is 2.22. The fourth-order valence-electron chi connectivity index (χ4n) is 7.45. The molecule has 2 heteroatoms. The molecule has 0 fully saturated rings. The van der Waals surface area contributed by atoms with Gasteiger partial charge in [0.1, 0.15) is 11.5 Å². The molecule has 0 saturated heterocycles. The van der Waals surface area contributed by atoms with E-state index in [1.54, 1.807) is 0 Å². The van der Waals surface area contributed by atoms with Crippen LogP contribution < -0.4 is 4.74 Å². The number of rotatable bonds is 2. The van der Waals surface area contributed by atoms with Gasteiger partial charge in [0.15, 0.2) is 0 Å². The van der Waals surface area contributed by atoms with Gasteiger partial charge >= 0.3 is 0 Å². The summed E-state index contributed by atoms with van der Waals surface area (Å²) >= 11 is 0. The predicted molar refractivity (Wildman–Crippen MR) is 186 cm³/mol. The topological polar surface area (TPSA) is 33.0 Å². The van der Waals surface area contributed by atoms with Crippen molar-refractivity contribution in [3.8, 4) is 50.9 Å². The lowest BCUT2D eigenvalue weighted by Gasteiger charge is -2.22. The Labute approximate surface area is 259 Å². The minimum absolute atomic E-state index is 0.665. The van der Waals surface area contributed by atoms with Crippen molar-refractivity contribution in [2.45, 2.75) is 0 Å². The highest BCUT2D eigenvalue weighted by atomic mass is 16.5. The van der Waals surface area contributed by atoms with E-state index in [0.29, 0.717) is 5.56 Å². The molecule has 1 aliphatic rings. The molecule has 0 amide bonds. The van der Waals surface area contributed by atoms with Gasteiger partial charge < -0.3 is 4.74 Å². The Kier molecular flexibility index (Phi) is 4.82. The first kappa shape index (κ1) is 24.3. The van der Waals surface area contributed by atoms with E-state index in [0.717, 1.165) is 44.5 Å². The first-order valence-corrected chi connectivity index (χ1v) is 15.2. The molecule has 0 unspecified atom stereocenters. The Bertz CT molecular complexity index is 2680. The zero-order valence-electron chi connectivity index (χ0n) is 24.1. The lowest BCUT2D eigenvalue weighted by atomic mass is 9.88. The van der Waals surface area contributed by atoms with E-state index < -0.39 is 0 Å². The van der Waals surface area contributed by atoms with Gasteiger partial charge in [-0.25, -0.2) is 0 Å². The second kappa shape index (κ2) is 8.92. The molecule has 10 rings (SSSR count). The van der Waals surface area contributed by atoms with Crippen LogP contribution in [0.3, 0.4) is 0 Å². The van der Waals surface area contributed by atoms with Crippen LogP contribution in [0.2, 0.25) is 0 Å². The van der Waals surface area contributed by atoms with Gasteiger partial charge in [-0.3, -0.25) is 0 Å². The standard InChI is InChI=1S/C43H23NO/c44-24-33-15-17-39-43-36(33)6-3-7-38(43)37-16-14-28(23-40(37)45-39)35-21-31-12-10-29-19-34(20-30-11-13-32(22-35)42(31)41(29)30)27-9-8-25-4-1-2-5-26(25)18-27/h1-23H. The lowest BCUT2D eigenvalue weighted by Crippen LogP contribution is -1.98. The quantitative estimate of drug-likeness (QED) is 0.194. The van der Waals surface area contributed by atoms with Crippen LogP contribution in [0.25, 0.3) is 87.2 Å². The molecular formula is C43H23NO. The van der Waals surface area contributed by atoms with Gasteiger partial charge in [-0.2, -0.15) is 5.26 Å². The van der Waals surface area contributed by atoms with E-state index >= 15 is 0 Å². The number of ether oxygens (including phenoxy) is 1. The van der Waals surface area contributed by atoms with E-state index in [-0.39, 0.29) is 0 Å². The number of benzene rings is 9. The van der Waals surface area contributed by atoms with Gasteiger partial charge in [-0.1, -0.05) is 84.9 Å². The SMILES string of the molecule is N#Cc1ccc2c3c(cccc13)-c1ccc(-c3cc4ccc5cc(-c6ccc7ccccc7c6)cc6ccc(c3)c4c56)cc1O2. The molecule has 45 heavy (non-hydrogen) atoms. The van der Waals surface area contributed by atoms with Crippen LogP contribution in [0.4, 0.5) is 0 Å². The third-order valence-electron chi connectivity index (χ3n) is 9.56. The van der Waals surface area contributed by atoms with Crippen molar-refractivity contribution >= 4 is 53.9 Å². The summed E-state index contributed by atoms with van der Waals surface area (Å²) in [6.07, 6.45) is 0. The van der Waals surface area contributed by atoms with Crippen molar-refractivity contribution in [1.82, 2.24) is 0 Å². The third kappa shape index (κ3) is 3.50. The van der Waals surface area contributed by atoms with Gasteiger partial charge in [0.2, 0.25) is 0 Å². The van der Waals surface area contributed by atoms with Crippen LogP contribution in [0, 0.1) is 11.3 Å². The summed E-state index contributed by atoms with van der Waals surface area (Å²) in [6.45, 7) is 0. The molecule has 0 N–H and O–H groups in total. The Morgan fingerprint density at radius 1 is 0.400 bits per heavy atom. The molecule has 1 heterocycles. The molecule has 0 bridgehead atoms. The molecule has 206 valence electrons. The molecule has 0 spiro atoms. The van der Waals surface area contributed by atoms with Crippen LogP contribution in [-0.4, -0.2) is 0 Å². The van der Waals surface area contributed by atoms with Crippen LogP contribution in [0.15, 0.2) is 140 Å². The monoisotopic (exact) mass is 569 g/mol. The summed E-state index contributed by atoms with van der Waals surface area (Å²) in [5.74, 6) is 1.63. The van der Waals surface area contributed by atoms with E-state index in [9.17, 15) is 5.26 Å². The molecule has 9 aromatic rings. The van der Waals surface area contributed by atoms with Gasteiger partial charge in [0, 0.05) is 16.3 Å². The van der Waals surface area contributed by atoms with Crippen LogP contribution >= 0.6 is 0 Å². The predicted octanol–water partition coefficient (Wildman–Crippen LogP) is 11.9. The molecule has 0 atom stereocenters. The number of fused-ring (bicyclic) bond motifs is 3. The largest absolute Gasteiger partial charge is 0.456 e. The Morgan fingerprint density at radius 3 is 1.69 bits per heavy atom. The first-order valence-electron chi connectivity index (χ1n) is 15.2. The zero-order valence-corrected chi connectivity index (χ0v) is 24.1. The minimum atomic E-state index is 0.665. The average molecular weight is 570 g/mol. The van der Waals surface area contributed by atoms with Gasteiger partial charge in [-0.15, -0.1) is 0 Å². The Morgan fingerprint density at radius 2 is 1.00 bits per heavy atom. The maximum Gasteiger partial charge on any atom is 0.136 e. The van der Waals surface area contributed by atoms with Crippen molar-refractivity contribution in [3.05, 3.63) is 145 Å². The minimum Gasteiger partial charge on any atom is -0.456 e. The smallest absolute Gasteiger partial charge is 0.136 e. The highest BCUT2D eigenvalue weighted by molar-refractivity contribution is 6.24. The average Bonchev–Trinajstić information content (AvgIpc) is 3.10. The Hall–Kier alpha value is -6.17. The second-order valence-electron chi connectivity index (χ2n) is 12.1. The summed E-state index contributed by atoms with van der Waals surface area (Å²) < 4.78 is 6.47. The number of hydrogen-bond acceptors (Lipinski definition) is 2. The number of nitriles is 1. The summed E-state index contributed by atoms with van der Waals surface area (Å²) in [6, 6.07) is 52.3. The molecule has 9 aromatic carbocycles. The van der Waals surface area contributed by atoms with Gasteiger partial charge in [0.25, 0.3) is 0 Å². The molecular weight excluding hydrogens is 546 g/mol. The molecule has 0 radical (unpaired) electrons. The maximum atomic E-state index is 9.64. The first-order chi connectivity index (χ1) is 22.2. The van der Waals surface area contributed by atoms with Crippen LogP contribution in [0.5, 0.6) is 11.5 Å². The van der Waals surface area contributed by atoms with Crippen molar-refractivity contribution < 1.29 is 4.74 Å². The van der Waals surface area contributed by atoms with Crippen molar-refractivity contribution in [2.24, 2.45) is 0 Å². The van der Waals surface area contributed by atoms with Crippen molar-refractivity contribution in [3.63, 3.8) is 0 Å². The summed E-state index contributed by atoms with van der Waals surface area (Å²) in [4.78, 5) is 0. The van der Waals surface area contributed by atoms with Crippen LogP contribution in [-0.2, 0) is 0 Å². The summed E-state index contributed by atoms with van der Waals surface area (Å²) in [5, 5.41) is 21.7. The van der Waals surface area contributed by atoms with Gasteiger partial charge in [0.05, 0.1) is 11.6 Å². The maximum absolute atomic E-state index is 9.64. The molecule has 0 aliphatic carbocycles. The van der Waals surface area contributed by atoms with Crippen molar-refractivity contribution in [1.29, 1.82) is 5.26 Å². The zero-order chi connectivity index (χ0) is 29.6. The molecule has 0 saturated carbocycles. The Balaban J connectivity index is 1.10. The highest BCUT2D eigenvalue weighted by Crippen LogP contribution is 2.48. The van der Waals surface area contributed by atoms with E-state index in [2.05, 4.69) is 121 Å². The fourth-order valence-corrected chi connectivity index (χ4v) is 7.45. The van der Waals surface area contributed by atoms with E-state index in [1.165, 1.54) is 54.2 Å². The number of nitrogens with zero attached hydrogens (tertiary/aromatic N) is 1. The number of hydrogen-bond donors (Lipinski definition) is 0. The van der Waals surface area contributed by atoms with Gasteiger partial charge in [-0.05, 0) is 126 Å². The second-order valence-corrected chi connectivity index (χ2v) is 12.1. The van der Waals surface area contributed by atoms with E-state index in [1.807, 2.05) is 24.3 Å². The van der Waals surface area contributed by atoms with Crippen LogP contribution in [0.1, 0.15) is 5.56 Å². The molecule has 2 nitrogen and oxygen atoms in total. The molecule has 1 aliphatic heterocycles. The summed E-state index contributed by atoms with van der Waals surface area (Å²) in [7, 11) is 0. The third-order valence-corrected chi connectivity index (χ3v) is 9.56. The fraction of sp³-hybridized carbons (Fsp3) is 0. The van der Waals surface area contributed by atoms with E-state index in [4.69, 9.17) is 4.74 Å². The van der Waals surface area contributed by atoms with Crippen molar-refractivity contribution in [2.75, 3.05) is 0 Å². The molecule has 0 aromatic heterocycles. The lowest BCUT2D eigenvalue weighted by molar-refractivity contribution is 0.487. The normalized spacial score (nSPS) is 12.2. The summed E-state index contributed by atoms with van der Waals surface area (Å²) in [5.41, 5.74) is 7.56.